The molecule has 6 nitrogen and oxygen atoms in total. The van der Waals surface area contributed by atoms with Crippen molar-refractivity contribution in [3.8, 4) is 11.5 Å². The van der Waals surface area contributed by atoms with E-state index in [1.807, 2.05) is 0 Å². The number of carbonyl (C=O) groups is 1. The van der Waals surface area contributed by atoms with E-state index >= 15 is 0 Å². The van der Waals surface area contributed by atoms with Gasteiger partial charge in [0.1, 0.15) is 5.75 Å². The molecule has 0 spiro atoms. The zero-order valence-corrected chi connectivity index (χ0v) is 8.60. The maximum atomic E-state index is 10.7. The standard InChI is InChI=1S/C8H7BClO6/c10-5-2-1-4(8(11)12)6-7(5)15-3-9(13,14)16-6/h1-2,13-14H,3H2,(H,11,12)/q-1/p-1. The van der Waals surface area contributed by atoms with E-state index in [0.717, 1.165) is 6.07 Å². The molecule has 1 aliphatic heterocycles. The number of carboxylic acid groups (broad SMARTS) is 1. The summed E-state index contributed by atoms with van der Waals surface area (Å²) in [5.41, 5.74) is -0.353. The molecule has 0 atom stereocenters. The number of hydrogen-bond acceptors (Lipinski definition) is 6. The lowest BCUT2D eigenvalue weighted by atomic mass is 9.80. The minimum Gasteiger partial charge on any atom is -0.665 e. The molecule has 0 radical (unpaired) electrons. The third-order valence-corrected chi connectivity index (χ3v) is 2.33. The molecule has 0 unspecified atom stereocenters. The van der Waals surface area contributed by atoms with E-state index in [2.05, 4.69) is 0 Å². The van der Waals surface area contributed by atoms with Crippen molar-refractivity contribution in [2.24, 2.45) is 0 Å². The van der Waals surface area contributed by atoms with Gasteiger partial charge in [-0.1, -0.05) is 11.6 Å². The number of halogens is 1. The largest absolute Gasteiger partial charge is 0.665 e. The van der Waals surface area contributed by atoms with Crippen LogP contribution in [0.5, 0.6) is 11.5 Å². The SMILES string of the molecule is O=C([O-])c1ccc(Cl)c2c1O[B-](O)(O)CO2. The van der Waals surface area contributed by atoms with Crippen LogP contribution in [0.1, 0.15) is 10.4 Å². The van der Waals surface area contributed by atoms with E-state index in [0.29, 0.717) is 0 Å². The van der Waals surface area contributed by atoms with E-state index in [4.69, 9.17) is 21.0 Å². The molecule has 0 bridgehead atoms. The summed E-state index contributed by atoms with van der Waals surface area (Å²) in [6.45, 7) is -3.74. The average Bonchev–Trinajstić information content (AvgIpc) is 2.15. The number of carboxylic acids is 1. The van der Waals surface area contributed by atoms with Gasteiger partial charge in [0.2, 0.25) is 0 Å². The van der Waals surface area contributed by atoms with Gasteiger partial charge in [0, 0.05) is 5.56 Å². The van der Waals surface area contributed by atoms with Gasteiger partial charge in [-0.2, -0.15) is 0 Å². The number of hydrogen-bond donors (Lipinski definition) is 2. The highest BCUT2D eigenvalue weighted by Gasteiger charge is 2.32. The third-order valence-electron chi connectivity index (χ3n) is 2.04. The molecular formula is C8H6BClO6-2. The highest BCUT2D eigenvalue weighted by molar-refractivity contribution is 6.59. The number of aromatic carboxylic acids is 1. The molecule has 0 saturated carbocycles. The van der Waals surface area contributed by atoms with Crippen molar-refractivity contribution in [3.05, 3.63) is 22.7 Å². The number of rotatable bonds is 1. The van der Waals surface area contributed by atoms with Gasteiger partial charge in [0.05, 0.1) is 17.5 Å². The predicted octanol–water partition coefficient (Wildman–Crippen LogP) is -1.06. The van der Waals surface area contributed by atoms with Crippen LogP contribution in [0.15, 0.2) is 12.1 Å². The Balaban J connectivity index is 2.58. The number of ether oxygens (including phenoxy) is 1. The Bertz CT molecular complexity index is 460. The lowest BCUT2D eigenvalue weighted by molar-refractivity contribution is -0.255. The minimum atomic E-state index is -3.23. The lowest BCUT2D eigenvalue weighted by Crippen LogP contribution is -2.51. The molecule has 2 N–H and O–H groups in total. The molecule has 1 heterocycles. The van der Waals surface area contributed by atoms with Crippen LogP contribution in [0, 0.1) is 0 Å². The topological polar surface area (TPSA) is 99.1 Å². The summed E-state index contributed by atoms with van der Waals surface area (Å²) in [5.74, 6) is -1.89. The first-order chi connectivity index (χ1) is 7.41. The summed E-state index contributed by atoms with van der Waals surface area (Å²) < 4.78 is 9.68. The van der Waals surface area contributed by atoms with Gasteiger partial charge in [-0.25, -0.2) is 0 Å². The van der Waals surface area contributed by atoms with E-state index in [1.165, 1.54) is 6.07 Å². The maximum Gasteiger partial charge on any atom is 0.467 e. The van der Waals surface area contributed by atoms with Crippen LogP contribution >= 0.6 is 11.6 Å². The van der Waals surface area contributed by atoms with Crippen LogP contribution in [0.2, 0.25) is 5.02 Å². The van der Waals surface area contributed by atoms with Crippen molar-refractivity contribution in [2.45, 2.75) is 0 Å². The van der Waals surface area contributed by atoms with Crippen molar-refractivity contribution in [1.29, 1.82) is 0 Å². The van der Waals surface area contributed by atoms with Gasteiger partial charge in [-0.15, -0.1) is 0 Å². The molecule has 0 aliphatic carbocycles. The van der Waals surface area contributed by atoms with Crippen molar-refractivity contribution in [3.63, 3.8) is 0 Å². The molecule has 0 fully saturated rings. The number of benzene rings is 1. The lowest BCUT2D eigenvalue weighted by Gasteiger charge is -2.37. The average molecular weight is 244 g/mol. The molecule has 86 valence electrons. The second kappa shape index (κ2) is 3.55. The molecule has 2 rings (SSSR count). The van der Waals surface area contributed by atoms with Crippen LogP contribution in [-0.2, 0) is 0 Å². The van der Waals surface area contributed by atoms with E-state index in [-0.39, 0.29) is 22.1 Å². The van der Waals surface area contributed by atoms with Crippen molar-refractivity contribution in [1.82, 2.24) is 0 Å². The van der Waals surface area contributed by atoms with Gasteiger partial charge < -0.3 is 29.3 Å². The minimum absolute atomic E-state index is 0.0380. The molecule has 16 heavy (non-hydrogen) atoms. The quantitative estimate of drug-likeness (QED) is 0.611. The van der Waals surface area contributed by atoms with Gasteiger partial charge in [0.15, 0.2) is 5.75 Å². The van der Waals surface area contributed by atoms with E-state index in [9.17, 15) is 19.9 Å². The zero-order chi connectivity index (χ0) is 11.9. The highest BCUT2D eigenvalue weighted by atomic mass is 35.5. The molecule has 1 aromatic carbocycles. The van der Waals surface area contributed by atoms with Crippen molar-refractivity contribution >= 4 is 24.3 Å². The summed E-state index contributed by atoms with van der Waals surface area (Å²) >= 11 is 5.74. The van der Waals surface area contributed by atoms with Crippen molar-refractivity contribution in [2.75, 3.05) is 6.51 Å². The van der Waals surface area contributed by atoms with Crippen LogP contribution in [0.3, 0.4) is 0 Å². The molecule has 1 aliphatic rings. The third kappa shape index (κ3) is 1.80. The summed E-state index contributed by atoms with van der Waals surface area (Å²) in [7, 11) is 0. The Labute approximate surface area is 95.0 Å². The van der Waals surface area contributed by atoms with Crippen LogP contribution in [0.4, 0.5) is 0 Å². The fourth-order valence-electron chi connectivity index (χ4n) is 1.37. The first kappa shape index (κ1) is 11.1. The Morgan fingerprint density at radius 3 is 2.75 bits per heavy atom. The van der Waals surface area contributed by atoms with Crippen LogP contribution in [-0.4, -0.2) is 29.3 Å². The van der Waals surface area contributed by atoms with Crippen molar-refractivity contribution < 1.29 is 29.3 Å². The Morgan fingerprint density at radius 2 is 2.12 bits per heavy atom. The van der Waals surface area contributed by atoms with Gasteiger partial charge in [0.25, 0.3) is 0 Å². The van der Waals surface area contributed by atoms with Gasteiger partial charge in [-0.05, 0) is 12.1 Å². The van der Waals surface area contributed by atoms with Gasteiger partial charge >= 0.3 is 6.75 Å². The molecule has 8 heteroatoms. The predicted molar refractivity (Wildman–Crippen MR) is 52.1 cm³/mol. The number of fused-ring (bicyclic) bond motifs is 1. The molecule has 1 aromatic rings. The molecule has 0 saturated heterocycles. The zero-order valence-electron chi connectivity index (χ0n) is 7.84. The molecule has 0 amide bonds. The summed E-state index contributed by atoms with van der Waals surface area (Å²) in [5, 5.41) is 29.3. The fourth-order valence-corrected chi connectivity index (χ4v) is 1.57. The maximum absolute atomic E-state index is 10.7. The Kier molecular flexibility index (Phi) is 2.45. The summed E-state index contributed by atoms with van der Waals surface area (Å²) in [6.07, 6.45) is 0. The summed E-state index contributed by atoms with van der Waals surface area (Å²) in [6, 6.07) is 2.43. The first-order valence-corrected chi connectivity index (χ1v) is 4.74. The summed E-state index contributed by atoms with van der Waals surface area (Å²) in [4.78, 5) is 10.7. The first-order valence-electron chi connectivity index (χ1n) is 4.37. The molecule has 0 aromatic heterocycles. The fraction of sp³-hybridized carbons (Fsp3) is 0.125. The number of carbonyl (C=O) groups excluding carboxylic acids is 1. The molecular weight excluding hydrogens is 238 g/mol. The second-order valence-corrected chi connectivity index (χ2v) is 3.73. The van der Waals surface area contributed by atoms with E-state index < -0.39 is 19.2 Å². The smallest absolute Gasteiger partial charge is 0.467 e. The van der Waals surface area contributed by atoms with E-state index in [1.54, 1.807) is 0 Å². The normalized spacial score (nSPS) is 16.9. The van der Waals surface area contributed by atoms with Gasteiger partial charge in [-0.3, -0.25) is 0 Å². The Morgan fingerprint density at radius 1 is 1.44 bits per heavy atom. The monoisotopic (exact) mass is 244 g/mol. The van der Waals surface area contributed by atoms with Crippen LogP contribution < -0.4 is 14.5 Å². The second-order valence-electron chi connectivity index (χ2n) is 3.33. The van der Waals surface area contributed by atoms with Crippen LogP contribution in [0.25, 0.3) is 0 Å². The Hall–Kier alpha value is -1.44. The highest BCUT2D eigenvalue weighted by Crippen LogP contribution is 2.41.